The van der Waals surface area contributed by atoms with Crippen LogP contribution in [-0.2, 0) is 0 Å². The van der Waals surface area contributed by atoms with Crippen LogP contribution >= 0.6 is 23.2 Å². The molecule has 4 heteroatoms. The van der Waals surface area contributed by atoms with Crippen molar-refractivity contribution in [3.63, 3.8) is 0 Å². The molecule has 0 aliphatic heterocycles. The minimum atomic E-state index is 0.328. The van der Waals surface area contributed by atoms with Gasteiger partial charge in [-0.15, -0.1) is 0 Å². The third kappa shape index (κ3) is 4.63. The molecule has 0 spiro atoms. The van der Waals surface area contributed by atoms with Crippen molar-refractivity contribution in [2.45, 2.75) is 26.3 Å². The molecule has 2 aromatic carbocycles. The van der Waals surface area contributed by atoms with Crippen LogP contribution in [0.5, 0.6) is 11.5 Å². The minimum absolute atomic E-state index is 0.328. The highest BCUT2D eigenvalue weighted by molar-refractivity contribution is 6.34. The molecule has 0 fully saturated rings. The standard InChI is InChI=1S/C17H19Cl2NO/c1-3-10-20-12(2)13-4-7-15(8-5-13)21-17-11-14(18)6-9-16(17)19/h4-9,11-12,20H,3,10H2,1-2H3. The van der Waals surface area contributed by atoms with Crippen molar-refractivity contribution in [2.75, 3.05) is 6.54 Å². The number of rotatable bonds is 6. The summed E-state index contributed by atoms with van der Waals surface area (Å²) < 4.78 is 5.77. The predicted molar refractivity (Wildman–Crippen MR) is 89.7 cm³/mol. The first-order valence-electron chi connectivity index (χ1n) is 7.06. The molecule has 112 valence electrons. The fourth-order valence-corrected chi connectivity index (χ4v) is 2.30. The maximum absolute atomic E-state index is 6.09. The second-order valence-corrected chi connectivity index (χ2v) is 5.77. The molecule has 2 rings (SSSR count). The Morgan fingerprint density at radius 2 is 1.81 bits per heavy atom. The van der Waals surface area contributed by atoms with Crippen LogP contribution in [0.3, 0.4) is 0 Å². The van der Waals surface area contributed by atoms with Crippen molar-refractivity contribution in [3.8, 4) is 11.5 Å². The molecular formula is C17H19Cl2NO. The van der Waals surface area contributed by atoms with Gasteiger partial charge in [-0.05, 0) is 49.7 Å². The average Bonchev–Trinajstić information content (AvgIpc) is 2.49. The smallest absolute Gasteiger partial charge is 0.147 e. The highest BCUT2D eigenvalue weighted by Crippen LogP contribution is 2.32. The number of halogens is 2. The van der Waals surface area contributed by atoms with Crippen LogP contribution in [0.1, 0.15) is 31.9 Å². The van der Waals surface area contributed by atoms with Gasteiger partial charge in [0.2, 0.25) is 0 Å². The first-order chi connectivity index (χ1) is 10.1. The summed E-state index contributed by atoms with van der Waals surface area (Å²) in [5.41, 5.74) is 1.23. The Morgan fingerprint density at radius 3 is 2.48 bits per heavy atom. The monoisotopic (exact) mass is 323 g/mol. The van der Waals surface area contributed by atoms with E-state index >= 15 is 0 Å². The maximum Gasteiger partial charge on any atom is 0.147 e. The van der Waals surface area contributed by atoms with Crippen LogP contribution in [0.4, 0.5) is 0 Å². The molecule has 21 heavy (non-hydrogen) atoms. The van der Waals surface area contributed by atoms with Crippen molar-refractivity contribution < 1.29 is 4.74 Å². The van der Waals surface area contributed by atoms with Gasteiger partial charge in [0, 0.05) is 17.1 Å². The number of hydrogen-bond acceptors (Lipinski definition) is 2. The summed E-state index contributed by atoms with van der Waals surface area (Å²) in [6.45, 7) is 5.32. The van der Waals surface area contributed by atoms with Gasteiger partial charge in [-0.2, -0.15) is 0 Å². The Morgan fingerprint density at radius 1 is 1.10 bits per heavy atom. The van der Waals surface area contributed by atoms with E-state index in [4.69, 9.17) is 27.9 Å². The van der Waals surface area contributed by atoms with E-state index in [1.165, 1.54) is 5.56 Å². The first kappa shape index (κ1) is 16.2. The SMILES string of the molecule is CCCNC(C)c1ccc(Oc2cc(Cl)ccc2Cl)cc1. The topological polar surface area (TPSA) is 21.3 Å². The number of ether oxygens (including phenoxy) is 1. The second-order valence-electron chi connectivity index (χ2n) is 4.92. The second kappa shape index (κ2) is 7.69. The largest absolute Gasteiger partial charge is 0.456 e. The van der Waals surface area contributed by atoms with E-state index in [0.29, 0.717) is 21.8 Å². The molecular weight excluding hydrogens is 305 g/mol. The molecule has 2 nitrogen and oxygen atoms in total. The summed E-state index contributed by atoms with van der Waals surface area (Å²) in [5, 5.41) is 4.60. The summed E-state index contributed by atoms with van der Waals surface area (Å²) in [7, 11) is 0. The molecule has 1 N–H and O–H groups in total. The Bertz CT molecular complexity index is 584. The van der Waals surface area contributed by atoms with Crippen LogP contribution in [0, 0.1) is 0 Å². The van der Waals surface area contributed by atoms with Crippen molar-refractivity contribution in [1.29, 1.82) is 0 Å². The van der Waals surface area contributed by atoms with Gasteiger partial charge in [0.05, 0.1) is 5.02 Å². The molecule has 2 aromatic rings. The molecule has 0 saturated heterocycles. The summed E-state index contributed by atoms with van der Waals surface area (Å²) in [4.78, 5) is 0. The molecule has 0 aliphatic carbocycles. The Kier molecular flexibility index (Phi) is 5.92. The molecule has 1 atom stereocenters. The summed E-state index contributed by atoms with van der Waals surface area (Å²) in [6.07, 6.45) is 1.12. The van der Waals surface area contributed by atoms with Gasteiger partial charge in [0.25, 0.3) is 0 Å². The van der Waals surface area contributed by atoms with Crippen LogP contribution in [-0.4, -0.2) is 6.54 Å². The zero-order valence-electron chi connectivity index (χ0n) is 12.2. The van der Waals surface area contributed by atoms with Gasteiger partial charge in [0.1, 0.15) is 11.5 Å². The van der Waals surface area contributed by atoms with Crippen LogP contribution < -0.4 is 10.1 Å². The van der Waals surface area contributed by atoms with Gasteiger partial charge >= 0.3 is 0 Å². The molecule has 0 amide bonds. The van der Waals surface area contributed by atoms with Crippen LogP contribution in [0.15, 0.2) is 42.5 Å². The number of benzene rings is 2. The highest BCUT2D eigenvalue weighted by Gasteiger charge is 2.07. The van der Waals surface area contributed by atoms with Gasteiger partial charge in [-0.25, -0.2) is 0 Å². The molecule has 0 saturated carbocycles. The lowest BCUT2D eigenvalue weighted by Gasteiger charge is -2.14. The fourth-order valence-electron chi connectivity index (χ4n) is 1.99. The Hall–Kier alpha value is -1.22. The maximum atomic E-state index is 6.09. The Balaban J connectivity index is 2.07. The third-order valence-electron chi connectivity index (χ3n) is 3.20. The van der Waals surface area contributed by atoms with E-state index in [1.54, 1.807) is 18.2 Å². The highest BCUT2D eigenvalue weighted by atomic mass is 35.5. The van der Waals surface area contributed by atoms with Gasteiger partial charge in [0.15, 0.2) is 0 Å². The van der Waals surface area contributed by atoms with E-state index in [9.17, 15) is 0 Å². The van der Waals surface area contributed by atoms with Crippen LogP contribution in [0.25, 0.3) is 0 Å². The molecule has 1 unspecified atom stereocenters. The lowest BCUT2D eigenvalue weighted by molar-refractivity contribution is 0.482. The first-order valence-corrected chi connectivity index (χ1v) is 7.82. The van der Waals surface area contributed by atoms with Gasteiger partial charge < -0.3 is 10.1 Å². The van der Waals surface area contributed by atoms with E-state index in [-0.39, 0.29) is 0 Å². The van der Waals surface area contributed by atoms with E-state index < -0.39 is 0 Å². The minimum Gasteiger partial charge on any atom is -0.456 e. The lowest BCUT2D eigenvalue weighted by Crippen LogP contribution is -2.19. The van der Waals surface area contributed by atoms with Crippen molar-refractivity contribution >= 4 is 23.2 Å². The fraction of sp³-hybridized carbons (Fsp3) is 0.294. The van der Waals surface area contributed by atoms with Gasteiger partial charge in [-0.3, -0.25) is 0 Å². The summed E-state index contributed by atoms with van der Waals surface area (Å²) >= 11 is 12.0. The zero-order chi connectivity index (χ0) is 15.2. The average molecular weight is 324 g/mol. The van der Waals surface area contributed by atoms with E-state index in [2.05, 4.69) is 31.3 Å². The van der Waals surface area contributed by atoms with Crippen molar-refractivity contribution in [2.24, 2.45) is 0 Å². The molecule has 0 radical (unpaired) electrons. The summed E-state index contributed by atoms with van der Waals surface area (Å²) in [5.74, 6) is 1.31. The van der Waals surface area contributed by atoms with Gasteiger partial charge in [-0.1, -0.05) is 42.3 Å². The lowest BCUT2D eigenvalue weighted by atomic mass is 10.1. The number of hydrogen-bond donors (Lipinski definition) is 1. The van der Waals surface area contributed by atoms with Crippen molar-refractivity contribution in [3.05, 3.63) is 58.1 Å². The molecule has 0 heterocycles. The van der Waals surface area contributed by atoms with E-state index in [1.807, 2.05) is 12.1 Å². The predicted octanol–water partition coefficient (Wildman–Crippen LogP) is 5.85. The molecule has 0 aromatic heterocycles. The van der Waals surface area contributed by atoms with Crippen molar-refractivity contribution in [1.82, 2.24) is 5.32 Å². The number of nitrogens with one attached hydrogen (secondary N) is 1. The quantitative estimate of drug-likeness (QED) is 0.720. The molecule has 0 aliphatic rings. The zero-order valence-corrected chi connectivity index (χ0v) is 13.7. The summed E-state index contributed by atoms with van der Waals surface area (Å²) in [6, 6.07) is 13.5. The normalized spacial score (nSPS) is 12.2. The third-order valence-corrected chi connectivity index (χ3v) is 3.75. The Labute approximate surface area is 136 Å². The van der Waals surface area contributed by atoms with E-state index in [0.717, 1.165) is 18.7 Å². The molecule has 0 bridgehead atoms. The van der Waals surface area contributed by atoms with Crippen LogP contribution in [0.2, 0.25) is 10.0 Å².